The summed E-state index contributed by atoms with van der Waals surface area (Å²) in [6.45, 7) is 12.1. The van der Waals surface area contributed by atoms with E-state index in [4.69, 9.17) is 5.73 Å². The molecule has 0 spiro atoms. The van der Waals surface area contributed by atoms with Gasteiger partial charge in [-0.05, 0) is 35.3 Å². The van der Waals surface area contributed by atoms with Gasteiger partial charge in [-0.15, -0.1) is 0 Å². The average molecular weight is 1040 g/mol. The Morgan fingerprint density at radius 3 is 1.64 bits per heavy atom. The maximum Gasteiger partial charge on any atom is 0.326 e. The van der Waals surface area contributed by atoms with Crippen LogP contribution in [0.25, 0.3) is 10.9 Å². The van der Waals surface area contributed by atoms with Crippen LogP contribution in [-0.4, -0.2) is 150 Å². The van der Waals surface area contributed by atoms with Crippen molar-refractivity contribution < 1.29 is 68.1 Å². The minimum absolute atomic E-state index is 0.228. The van der Waals surface area contributed by atoms with Crippen molar-refractivity contribution in [2.45, 2.75) is 136 Å². The summed E-state index contributed by atoms with van der Waals surface area (Å²) in [6, 6.07) is -4.65. The minimum atomic E-state index is -1.81. The van der Waals surface area contributed by atoms with Gasteiger partial charge in [-0.25, -0.2) is 9.78 Å². The summed E-state index contributed by atoms with van der Waals surface area (Å²) in [4.78, 5) is 155. The highest BCUT2D eigenvalue weighted by Gasteiger charge is 2.37. The van der Waals surface area contributed by atoms with E-state index in [2.05, 4.69) is 57.5 Å². The molecule has 0 fully saturated rings. The number of carboxylic acid groups (broad SMARTS) is 3. The first kappa shape index (κ1) is 60.4. The topological polar surface area (TPSA) is 415 Å². The fraction of sp³-hybridized carbons (Fsp3) is 0.542. The molecule has 0 saturated heterocycles. The van der Waals surface area contributed by atoms with E-state index in [1.807, 2.05) is 0 Å². The number of H-pyrrole nitrogens is 2. The van der Waals surface area contributed by atoms with Gasteiger partial charge in [0.2, 0.25) is 47.3 Å². The van der Waals surface area contributed by atoms with Gasteiger partial charge in [0, 0.05) is 41.8 Å². The van der Waals surface area contributed by atoms with Crippen molar-refractivity contribution in [3.8, 4) is 0 Å². The van der Waals surface area contributed by atoms with E-state index >= 15 is 0 Å². The van der Waals surface area contributed by atoms with Gasteiger partial charge in [-0.3, -0.25) is 47.9 Å². The normalized spacial score (nSPS) is 15.0. The molecular formula is C48H70N12O14. The van der Waals surface area contributed by atoms with Crippen molar-refractivity contribution in [2.75, 3.05) is 6.54 Å². The van der Waals surface area contributed by atoms with Crippen LogP contribution < -0.4 is 48.3 Å². The highest BCUT2D eigenvalue weighted by molar-refractivity contribution is 5.99. The van der Waals surface area contributed by atoms with E-state index in [1.54, 1.807) is 85.9 Å². The monoisotopic (exact) mass is 1040 g/mol. The lowest BCUT2D eigenvalue weighted by atomic mass is 9.96. The SMILES string of the molecule is CC[C@H](C)[C@@H](NC(=O)[C@H](CC(=O)O)NC(=O)[C@@H](N)C(C)C)C(=O)N[C@@H](Cc1cnc[nH]1)C(=O)N[C@H](C(=O)N[C@@H](Cc1c[nH]c2ccccc12)C(=O)N[C@@H](CC(=O)O)C(=O)NCC(=O)N[C@H](C(=O)O)C(C)C)C(C)C. The molecule has 3 aromatic rings. The highest BCUT2D eigenvalue weighted by Crippen LogP contribution is 2.20. The number of imidazole rings is 1. The zero-order chi connectivity index (χ0) is 55.6. The number of aliphatic carboxylic acids is 3. The number of rotatable bonds is 30. The molecular weight excluding hydrogens is 969 g/mol. The maximum atomic E-state index is 14.4. The van der Waals surface area contributed by atoms with Crippen LogP contribution in [0.2, 0.25) is 0 Å². The van der Waals surface area contributed by atoms with Crippen molar-refractivity contribution in [3.05, 3.63) is 54.2 Å². The quantitative estimate of drug-likeness (QED) is 0.0364. The Bertz CT molecular complexity index is 2470. The molecule has 3 rings (SSSR count). The number of amides is 8. The fourth-order valence-corrected chi connectivity index (χ4v) is 7.46. The van der Waals surface area contributed by atoms with Crippen molar-refractivity contribution >= 4 is 76.1 Å². The number of nitrogens with two attached hydrogens (primary N) is 1. The third-order valence-corrected chi connectivity index (χ3v) is 12.1. The summed E-state index contributed by atoms with van der Waals surface area (Å²) >= 11 is 0. The number of nitrogens with one attached hydrogen (secondary N) is 10. The molecule has 0 unspecified atom stereocenters. The molecule has 0 aliphatic heterocycles. The largest absolute Gasteiger partial charge is 0.481 e. The molecule has 2 heterocycles. The van der Waals surface area contributed by atoms with Gasteiger partial charge in [-0.1, -0.05) is 80.0 Å². The van der Waals surface area contributed by atoms with Crippen LogP contribution >= 0.6 is 0 Å². The number of nitrogens with zero attached hydrogens (tertiary/aromatic N) is 1. The van der Waals surface area contributed by atoms with Gasteiger partial charge in [0.15, 0.2) is 0 Å². The van der Waals surface area contributed by atoms with E-state index in [0.29, 0.717) is 28.6 Å². The van der Waals surface area contributed by atoms with Gasteiger partial charge in [0.1, 0.15) is 42.3 Å². The zero-order valence-electron chi connectivity index (χ0n) is 42.6. The van der Waals surface area contributed by atoms with Gasteiger partial charge in [0.25, 0.3) is 0 Å². The van der Waals surface area contributed by atoms with E-state index in [0.717, 1.165) is 0 Å². The first-order valence-electron chi connectivity index (χ1n) is 24.1. The number of carboxylic acids is 3. The summed E-state index contributed by atoms with van der Waals surface area (Å²) in [5.41, 5.74) is 7.48. The third kappa shape index (κ3) is 18.3. The Balaban J connectivity index is 1.94. The number of para-hydroxylation sites is 1. The number of carbonyl (C=O) groups is 11. The molecule has 8 amide bonds. The first-order chi connectivity index (χ1) is 34.7. The van der Waals surface area contributed by atoms with Crippen LogP contribution in [-0.2, 0) is 65.6 Å². The summed E-state index contributed by atoms with van der Waals surface area (Å²) in [6.07, 6.45) is 2.31. The molecule has 1 aromatic carbocycles. The van der Waals surface area contributed by atoms with Crippen LogP contribution in [0.1, 0.15) is 85.9 Å². The average Bonchev–Trinajstić information content (AvgIpc) is 4.01. The van der Waals surface area contributed by atoms with Gasteiger partial charge < -0.3 is 73.6 Å². The number of aromatic amines is 2. The highest BCUT2D eigenvalue weighted by atomic mass is 16.4. The van der Waals surface area contributed by atoms with Crippen LogP contribution in [0, 0.1) is 23.7 Å². The zero-order valence-corrected chi connectivity index (χ0v) is 42.6. The number of aromatic nitrogens is 3. The van der Waals surface area contributed by atoms with E-state index in [-0.39, 0.29) is 18.8 Å². The smallest absolute Gasteiger partial charge is 0.326 e. The van der Waals surface area contributed by atoms with E-state index in [9.17, 15) is 68.1 Å². The Morgan fingerprint density at radius 1 is 0.581 bits per heavy atom. The number of fused-ring (bicyclic) bond motifs is 1. The van der Waals surface area contributed by atoms with Crippen molar-refractivity contribution in [1.29, 1.82) is 0 Å². The Morgan fingerprint density at radius 2 is 1.09 bits per heavy atom. The molecule has 26 heteroatoms. The van der Waals surface area contributed by atoms with Gasteiger partial charge >= 0.3 is 17.9 Å². The predicted octanol–water partition coefficient (Wildman–Crippen LogP) is -1.44. The molecule has 406 valence electrons. The Kier molecular flexibility index (Phi) is 23.2. The summed E-state index contributed by atoms with van der Waals surface area (Å²) in [7, 11) is 0. The molecule has 0 radical (unpaired) electrons. The van der Waals surface area contributed by atoms with Crippen LogP contribution in [0.4, 0.5) is 0 Å². The van der Waals surface area contributed by atoms with E-state index < -0.39 is 151 Å². The molecule has 0 saturated carbocycles. The lowest BCUT2D eigenvalue weighted by Gasteiger charge is -2.30. The molecule has 26 nitrogen and oxygen atoms in total. The molecule has 0 bridgehead atoms. The van der Waals surface area contributed by atoms with Crippen molar-refractivity contribution in [1.82, 2.24) is 57.5 Å². The van der Waals surface area contributed by atoms with E-state index in [1.165, 1.54) is 12.5 Å². The second-order valence-electron chi connectivity index (χ2n) is 19.0. The van der Waals surface area contributed by atoms with Gasteiger partial charge in [-0.2, -0.15) is 0 Å². The Hall–Kier alpha value is -7.90. The summed E-state index contributed by atoms with van der Waals surface area (Å²) in [5.74, 6) is -14.0. The maximum absolute atomic E-state index is 14.4. The molecule has 15 N–H and O–H groups in total. The predicted molar refractivity (Wildman–Crippen MR) is 265 cm³/mol. The third-order valence-electron chi connectivity index (χ3n) is 12.1. The summed E-state index contributed by atoms with van der Waals surface area (Å²) in [5, 5.41) is 49.0. The van der Waals surface area contributed by atoms with Crippen LogP contribution in [0.15, 0.2) is 43.0 Å². The number of benzene rings is 1. The fourth-order valence-electron chi connectivity index (χ4n) is 7.46. The molecule has 0 aliphatic rings. The Labute approximate surface area is 426 Å². The number of hydrogen-bond donors (Lipinski definition) is 14. The number of hydrogen-bond acceptors (Lipinski definition) is 13. The first-order valence-corrected chi connectivity index (χ1v) is 24.1. The molecule has 2 aromatic heterocycles. The van der Waals surface area contributed by atoms with Crippen LogP contribution in [0.5, 0.6) is 0 Å². The summed E-state index contributed by atoms with van der Waals surface area (Å²) < 4.78 is 0. The van der Waals surface area contributed by atoms with Crippen molar-refractivity contribution in [3.63, 3.8) is 0 Å². The van der Waals surface area contributed by atoms with Crippen LogP contribution in [0.3, 0.4) is 0 Å². The molecule has 74 heavy (non-hydrogen) atoms. The lowest BCUT2D eigenvalue weighted by molar-refractivity contribution is -0.143. The molecule has 9 atom stereocenters. The lowest BCUT2D eigenvalue weighted by Crippen LogP contribution is -2.62. The minimum Gasteiger partial charge on any atom is -0.481 e. The second kappa shape index (κ2) is 28.4. The van der Waals surface area contributed by atoms with Gasteiger partial charge in [0.05, 0.1) is 31.8 Å². The standard InChI is InChI=1S/C48H70N12O14/c1-9-25(8)40(60-44(69)33(17-36(64)65)55-45(70)37(49)22(2)3)47(72)57-31(15-27-19-50-21-53-27)43(68)59-38(23(4)5)46(71)56-30(14-26-18-51-29-13-11-10-12-28(26)29)42(67)54-32(16-35(62)63)41(66)52-20-34(61)58-39(24(6)7)48(73)74/h10-13,18-19,21-25,30-33,37-40,51H,9,14-17,20,49H2,1-8H3,(H,50,53)(H,52,66)(H,54,67)(H,55,70)(H,56,71)(H,57,72)(H,58,61)(H,59,68)(H,60,69)(H,62,63)(H,64,65)(H,73,74)/t25-,30-,31-,32-,33-,37-,38-,39-,40+/m0/s1. The second-order valence-corrected chi connectivity index (χ2v) is 19.0. The van der Waals surface area contributed by atoms with Crippen molar-refractivity contribution in [2.24, 2.45) is 29.4 Å². The molecule has 0 aliphatic carbocycles. The number of carbonyl (C=O) groups excluding carboxylic acids is 8.